The third-order valence-electron chi connectivity index (χ3n) is 2.27. The third kappa shape index (κ3) is 2.84. The highest BCUT2D eigenvalue weighted by atomic mass is 19.4. The van der Waals surface area contributed by atoms with Crippen LogP contribution in [0.1, 0.15) is 26.2 Å². The van der Waals surface area contributed by atoms with E-state index in [9.17, 15) is 13.2 Å². The van der Waals surface area contributed by atoms with Gasteiger partial charge >= 0.3 is 6.18 Å². The van der Waals surface area contributed by atoms with Gasteiger partial charge in [-0.3, -0.25) is 0 Å². The number of ether oxygens (including phenoxy) is 1. The van der Waals surface area contributed by atoms with Gasteiger partial charge in [-0.05, 0) is 19.8 Å². The molecule has 0 bridgehead atoms. The van der Waals surface area contributed by atoms with E-state index in [1.54, 1.807) is 6.92 Å². The Balaban J connectivity index is 2.40. The fraction of sp³-hybridized carbons (Fsp3) is 1.00. The van der Waals surface area contributed by atoms with Crippen LogP contribution in [0.4, 0.5) is 13.2 Å². The van der Waals surface area contributed by atoms with Gasteiger partial charge in [0.2, 0.25) is 0 Å². The summed E-state index contributed by atoms with van der Waals surface area (Å²) in [5, 5.41) is 0. The number of halogens is 3. The van der Waals surface area contributed by atoms with Crippen LogP contribution in [0, 0.1) is 0 Å². The van der Waals surface area contributed by atoms with E-state index < -0.39 is 17.8 Å². The summed E-state index contributed by atoms with van der Waals surface area (Å²) in [7, 11) is 0. The lowest BCUT2D eigenvalue weighted by atomic mass is 10.1. The molecule has 1 saturated carbocycles. The molecule has 2 N–H and O–H groups in total. The van der Waals surface area contributed by atoms with E-state index in [0.717, 1.165) is 0 Å². The normalized spacial score (nSPS) is 22.8. The van der Waals surface area contributed by atoms with Gasteiger partial charge in [0.15, 0.2) is 0 Å². The first kappa shape index (κ1) is 10.8. The SMILES string of the molecule is CCOC1(CC(N)C(F)(F)F)CC1. The van der Waals surface area contributed by atoms with Gasteiger partial charge in [0.05, 0.1) is 5.60 Å². The highest BCUT2D eigenvalue weighted by Gasteiger charge is 2.50. The molecule has 1 rings (SSSR count). The van der Waals surface area contributed by atoms with Crippen molar-refractivity contribution >= 4 is 0 Å². The zero-order valence-electron chi connectivity index (χ0n) is 7.53. The molecule has 0 saturated heterocycles. The highest BCUT2D eigenvalue weighted by Crippen LogP contribution is 2.45. The van der Waals surface area contributed by atoms with Crippen molar-refractivity contribution < 1.29 is 17.9 Å². The molecule has 0 amide bonds. The molecule has 78 valence electrons. The molecular formula is C8H14F3NO. The summed E-state index contributed by atoms with van der Waals surface area (Å²) >= 11 is 0. The monoisotopic (exact) mass is 197 g/mol. The first-order chi connectivity index (χ1) is 5.90. The third-order valence-corrected chi connectivity index (χ3v) is 2.27. The van der Waals surface area contributed by atoms with Crippen molar-refractivity contribution in [1.29, 1.82) is 0 Å². The standard InChI is InChI=1S/C8H14F3NO/c1-2-13-7(3-4-7)5-6(12)8(9,10)11/h6H,2-5,12H2,1H3. The summed E-state index contributed by atoms with van der Waals surface area (Å²) in [6, 6.07) is -1.75. The average molecular weight is 197 g/mol. The topological polar surface area (TPSA) is 35.2 Å². The molecule has 0 aromatic heterocycles. The van der Waals surface area contributed by atoms with E-state index in [1.165, 1.54) is 0 Å². The predicted molar refractivity (Wildman–Crippen MR) is 42.2 cm³/mol. The minimum atomic E-state index is -4.30. The van der Waals surface area contributed by atoms with Crippen LogP contribution in [0.5, 0.6) is 0 Å². The number of hydrogen-bond acceptors (Lipinski definition) is 2. The number of rotatable bonds is 4. The molecule has 1 aliphatic carbocycles. The molecule has 1 aliphatic rings. The van der Waals surface area contributed by atoms with Crippen LogP contribution in [0.25, 0.3) is 0 Å². The van der Waals surface area contributed by atoms with Crippen molar-refractivity contribution in [2.24, 2.45) is 5.73 Å². The minimum absolute atomic E-state index is 0.107. The van der Waals surface area contributed by atoms with Crippen LogP contribution in [0.15, 0.2) is 0 Å². The molecule has 0 aliphatic heterocycles. The summed E-state index contributed by atoms with van der Waals surface area (Å²) in [5.41, 5.74) is 4.44. The maximum atomic E-state index is 12.1. The van der Waals surface area contributed by atoms with Crippen molar-refractivity contribution in [3.05, 3.63) is 0 Å². The van der Waals surface area contributed by atoms with E-state index in [0.29, 0.717) is 19.4 Å². The van der Waals surface area contributed by atoms with Gasteiger partial charge < -0.3 is 10.5 Å². The number of nitrogens with two attached hydrogens (primary N) is 1. The fourth-order valence-electron chi connectivity index (χ4n) is 1.37. The van der Waals surface area contributed by atoms with E-state index in [-0.39, 0.29) is 6.42 Å². The van der Waals surface area contributed by atoms with Crippen molar-refractivity contribution in [1.82, 2.24) is 0 Å². The number of hydrogen-bond donors (Lipinski definition) is 1. The van der Waals surface area contributed by atoms with Crippen molar-refractivity contribution in [3.63, 3.8) is 0 Å². The van der Waals surface area contributed by atoms with Gasteiger partial charge in [-0.15, -0.1) is 0 Å². The lowest BCUT2D eigenvalue weighted by Gasteiger charge is -2.21. The van der Waals surface area contributed by atoms with Crippen molar-refractivity contribution in [3.8, 4) is 0 Å². The molecule has 0 radical (unpaired) electrons. The molecule has 2 nitrogen and oxygen atoms in total. The Labute approximate surface area is 75.2 Å². The lowest BCUT2D eigenvalue weighted by Crippen LogP contribution is -2.41. The highest BCUT2D eigenvalue weighted by molar-refractivity contribution is 4.99. The summed E-state index contributed by atoms with van der Waals surface area (Å²) in [6.45, 7) is 2.23. The first-order valence-electron chi connectivity index (χ1n) is 4.36. The van der Waals surface area contributed by atoms with Gasteiger partial charge in [-0.2, -0.15) is 13.2 Å². The second-order valence-electron chi connectivity index (χ2n) is 3.47. The first-order valence-corrected chi connectivity index (χ1v) is 4.36. The summed E-state index contributed by atoms with van der Waals surface area (Å²) < 4.78 is 41.4. The Morgan fingerprint density at radius 3 is 2.31 bits per heavy atom. The van der Waals surface area contributed by atoms with Crippen molar-refractivity contribution in [2.75, 3.05) is 6.61 Å². The van der Waals surface area contributed by atoms with E-state index in [1.807, 2.05) is 0 Å². The summed E-state index contributed by atoms with van der Waals surface area (Å²) in [5.74, 6) is 0. The van der Waals surface area contributed by atoms with Gasteiger partial charge in [-0.1, -0.05) is 0 Å². The van der Waals surface area contributed by atoms with Crippen LogP contribution >= 0.6 is 0 Å². The minimum Gasteiger partial charge on any atom is -0.375 e. The van der Waals surface area contributed by atoms with E-state index in [4.69, 9.17) is 10.5 Å². The molecular weight excluding hydrogens is 183 g/mol. The van der Waals surface area contributed by atoms with Gasteiger partial charge in [0.1, 0.15) is 6.04 Å². The lowest BCUT2D eigenvalue weighted by molar-refractivity contribution is -0.157. The maximum Gasteiger partial charge on any atom is 0.403 e. The average Bonchev–Trinajstić information content (AvgIpc) is 2.67. The smallest absolute Gasteiger partial charge is 0.375 e. The summed E-state index contributed by atoms with van der Waals surface area (Å²) in [6.07, 6.45) is -3.01. The van der Waals surface area contributed by atoms with Crippen LogP contribution < -0.4 is 5.73 Å². The second-order valence-corrected chi connectivity index (χ2v) is 3.47. The Morgan fingerprint density at radius 2 is 2.00 bits per heavy atom. The molecule has 0 heterocycles. The van der Waals surface area contributed by atoms with E-state index in [2.05, 4.69) is 0 Å². The molecule has 1 unspecified atom stereocenters. The molecule has 0 aromatic rings. The molecule has 1 fully saturated rings. The molecule has 0 spiro atoms. The quantitative estimate of drug-likeness (QED) is 0.746. The van der Waals surface area contributed by atoms with Gasteiger partial charge in [0.25, 0.3) is 0 Å². The van der Waals surface area contributed by atoms with Gasteiger partial charge in [-0.25, -0.2) is 0 Å². The molecule has 5 heteroatoms. The summed E-state index contributed by atoms with van der Waals surface area (Å²) in [4.78, 5) is 0. The van der Waals surface area contributed by atoms with Crippen LogP contribution in [0.2, 0.25) is 0 Å². The van der Waals surface area contributed by atoms with Gasteiger partial charge in [0, 0.05) is 13.0 Å². The zero-order chi connectivity index (χ0) is 10.1. The Bertz CT molecular complexity index is 177. The second kappa shape index (κ2) is 3.46. The zero-order valence-corrected chi connectivity index (χ0v) is 7.53. The predicted octanol–water partition coefficient (Wildman–Crippen LogP) is 1.84. The molecule has 13 heavy (non-hydrogen) atoms. The fourth-order valence-corrected chi connectivity index (χ4v) is 1.37. The maximum absolute atomic E-state index is 12.1. The van der Waals surface area contributed by atoms with Crippen LogP contribution in [-0.2, 0) is 4.74 Å². The largest absolute Gasteiger partial charge is 0.403 e. The Hall–Kier alpha value is -0.290. The van der Waals surface area contributed by atoms with Crippen molar-refractivity contribution in [2.45, 2.75) is 44.0 Å². The molecule has 0 aromatic carbocycles. The van der Waals surface area contributed by atoms with Crippen LogP contribution in [0.3, 0.4) is 0 Å². The molecule has 1 atom stereocenters. The number of alkyl halides is 3. The van der Waals surface area contributed by atoms with Crippen LogP contribution in [-0.4, -0.2) is 24.4 Å². The Kier molecular flexibility index (Phi) is 2.87. The Morgan fingerprint density at radius 1 is 1.46 bits per heavy atom. The van der Waals surface area contributed by atoms with E-state index >= 15 is 0 Å².